The van der Waals surface area contributed by atoms with Crippen LogP contribution in [0.3, 0.4) is 0 Å². The molecular weight excluding hydrogens is 252 g/mol. The van der Waals surface area contributed by atoms with E-state index in [2.05, 4.69) is 31.1 Å². The molecule has 1 aromatic rings. The molecule has 0 spiro atoms. The minimum Gasteiger partial charge on any atom is -0.668 e. The average Bonchev–Trinajstić information content (AvgIpc) is 2.54. The zero-order valence-corrected chi connectivity index (χ0v) is 13.7. The summed E-state index contributed by atoms with van der Waals surface area (Å²) in [6.45, 7) is 3.64. The maximum atomic E-state index is 3.89. The Morgan fingerprint density at radius 1 is 0.824 bits per heavy atom. The van der Waals surface area contributed by atoms with E-state index in [0.29, 0.717) is 0 Å². The predicted octanol–water partition coefficient (Wildman–Crippen LogP) is 1.91. The molecule has 0 aliphatic rings. The second kappa shape index (κ2) is 24.8. The van der Waals surface area contributed by atoms with E-state index in [1.165, 1.54) is 0 Å². The molecule has 98 valence electrons. The largest absolute Gasteiger partial charge is 4.00 e. The first-order valence-electron chi connectivity index (χ1n) is 4.78. The third-order valence-electron chi connectivity index (χ3n) is 0.663. The van der Waals surface area contributed by atoms with Gasteiger partial charge in [-0.25, -0.2) is 0 Å². The van der Waals surface area contributed by atoms with Crippen molar-refractivity contribution < 1.29 is 21.7 Å². The molecule has 6 nitrogen and oxygen atoms in total. The summed E-state index contributed by atoms with van der Waals surface area (Å²) in [6, 6.07) is 0. The Bertz CT molecular complexity index is 183. The van der Waals surface area contributed by atoms with E-state index in [1.54, 1.807) is 42.3 Å². The van der Waals surface area contributed by atoms with E-state index in [9.17, 15) is 0 Å². The third-order valence-corrected chi connectivity index (χ3v) is 0.663. The first kappa shape index (κ1) is 25.5. The molecule has 7 heteroatoms. The van der Waals surface area contributed by atoms with Gasteiger partial charge in [-0.1, -0.05) is 5.82 Å². The summed E-state index contributed by atoms with van der Waals surface area (Å²) in [4.78, 5) is 3.89. The van der Waals surface area contributed by atoms with E-state index >= 15 is 0 Å². The van der Waals surface area contributed by atoms with Gasteiger partial charge in [-0.2, -0.15) is 42.3 Å². The standard InChI is InChI=1S/C4H6N3.3C2H6N.Ti/c1-3-5-4(2)7-6-3;3*1-3-2;/h1-2H3;3*1-2H3;/q4*-1;+4. The normalized spacial score (nSPS) is 7.06. The Labute approximate surface area is 121 Å². The number of aryl methyl sites for hydroxylation is 2. The molecule has 1 rings (SSSR count). The summed E-state index contributed by atoms with van der Waals surface area (Å²) in [5.74, 6) is 1.50. The van der Waals surface area contributed by atoms with Crippen LogP contribution in [0.5, 0.6) is 0 Å². The van der Waals surface area contributed by atoms with E-state index in [-0.39, 0.29) is 21.7 Å². The number of nitrogens with zero attached hydrogens (tertiary/aromatic N) is 6. The predicted molar refractivity (Wildman–Crippen MR) is 70.4 cm³/mol. The van der Waals surface area contributed by atoms with Crippen LogP contribution >= 0.6 is 0 Å². The molecular formula is C10H24N6Ti. The maximum absolute atomic E-state index is 3.89. The van der Waals surface area contributed by atoms with Crippen LogP contribution in [0.1, 0.15) is 11.6 Å². The molecule has 1 aromatic heterocycles. The van der Waals surface area contributed by atoms with Crippen LogP contribution in [0.2, 0.25) is 0 Å². The molecule has 0 N–H and O–H groups in total. The van der Waals surface area contributed by atoms with E-state index in [0.717, 1.165) is 11.6 Å². The quantitative estimate of drug-likeness (QED) is 0.678. The van der Waals surface area contributed by atoms with Crippen molar-refractivity contribution in [2.75, 3.05) is 42.3 Å². The zero-order chi connectivity index (χ0) is 13.4. The van der Waals surface area contributed by atoms with Crippen molar-refractivity contribution >= 4 is 0 Å². The monoisotopic (exact) mass is 276 g/mol. The molecule has 0 amide bonds. The van der Waals surface area contributed by atoms with Crippen molar-refractivity contribution in [3.8, 4) is 0 Å². The minimum absolute atomic E-state index is 0. The summed E-state index contributed by atoms with van der Waals surface area (Å²) >= 11 is 0. The number of rotatable bonds is 0. The second-order valence-electron chi connectivity index (χ2n) is 2.75. The third kappa shape index (κ3) is 38.9. The molecule has 0 aliphatic carbocycles. The van der Waals surface area contributed by atoms with Gasteiger partial charge in [0.1, 0.15) is 0 Å². The van der Waals surface area contributed by atoms with Gasteiger partial charge in [-0.3, -0.25) is 5.10 Å². The molecule has 0 bridgehead atoms. The fourth-order valence-corrected chi connectivity index (χ4v) is 0.424. The van der Waals surface area contributed by atoms with E-state index in [1.807, 2.05) is 13.8 Å². The maximum Gasteiger partial charge on any atom is 4.00 e. The summed E-state index contributed by atoms with van der Waals surface area (Å²) in [5, 5.41) is 17.8. The van der Waals surface area contributed by atoms with E-state index in [4.69, 9.17) is 0 Å². The summed E-state index contributed by atoms with van der Waals surface area (Å²) < 4.78 is 0. The van der Waals surface area contributed by atoms with Crippen molar-refractivity contribution in [2.24, 2.45) is 0 Å². The van der Waals surface area contributed by atoms with Gasteiger partial charge < -0.3 is 26.0 Å². The molecule has 0 fully saturated rings. The molecule has 0 aromatic carbocycles. The number of aromatic nitrogens is 3. The topological polar surface area (TPSA) is 82.2 Å². The van der Waals surface area contributed by atoms with Crippen LogP contribution in [-0.4, -0.2) is 52.4 Å². The van der Waals surface area contributed by atoms with Gasteiger partial charge >= 0.3 is 21.7 Å². The van der Waals surface area contributed by atoms with Crippen molar-refractivity contribution in [3.63, 3.8) is 0 Å². The Morgan fingerprint density at radius 3 is 1.18 bits per heavy atom. The van der Waals surface area contributed by atoms with Gasteiger partial charge in [-0.15, -0.1) is 0 Å². The second-order valence-corrected chi connectivity index (χ2v) is 2.75. The van der Waals surface area contributed by atoms with Crippen molar-refractivity contribution in [1.82, 2.24) is 15.2 Å². The van der Waals surface area contributed by atoms with Gasteiger partial charge in [0, 0.05) is 5.82 Å². The molecule has 1 heterocycles. The summed E-state index contributed by atoms with van der Waals surface area (Å²) in [6.07, 6.45) is 0. The van der Waals surface area contributed by atoms with Crippen molar-refractivity contribution in [2.45, 2.75) is 13.8 Å². The number of hydrogen-bond acceptors (Lipinski definition) is 2. The van der Waals surface area contributed by atoms with Gasteiger partial charge in [0.2, 0.25) is 0 Å². The van der Waals surface area contributed by atoms with Crippen molar-refractivity contribution in [3.05, 3.63) is 27.6 Å². The molecule has 0 atom stereocenters. The van der Waals surface area contributed by atoms with Gasteiger partial charge in [0.05, 0.1) is 0 Å². The summed E-state index contributed by atoms with van der Waals surface area (Å²) in [7, 11) is 10.5. The molecule has 0 radical (unpaired) electrons. The fourth-order valence-electron chi connectivity index (χ4n) is 0.424. The Hall–Kier alpha value is -0.266. The van der Waals surface area contributed by atoms with Gasteiger partial charge in [-0.05, 0) is 13.8 Å². The first-order valence-corrected chi connectivity index (χ1v) is 4.78. The fraction of sp³-hybridized carbons (Fsp3) is 0.800. The van der Waals surface area contributed by atoms with Crippen LogP contribution in [0.25, 0.3) is 16.0 Å². The SMILES string of the molecule is C[N-]C.C[N-]C.C[N-]C.Cc1n[n-]c(C)n1.[Ti+4]. The Morgan fingerprint density at radius 2 is 1.12 bits per heavy atom. The Balaban J connectivity index is -0.0000000734. The molecule has 0 unspecified atom stereocenters. The van der Waals surface area contributed by atoms with Gasteiger partial charge in [0.25, 0.3) is 0 Å². The van der Waals surface area contributed by atoms with Gasteiger partial charge in [0.15, 0.2) is 0 Å². The van der Waals surface area contributed by atoms with Crippen LogP contribution in [-0.2, 0) is 21.7 Å². The Kier molecular flexibility index (Phi) is 37.3. The molecule has 17 heavy (non-hydrogen) atoms. The minimum atomic E-state index is 0. The first-order chi connectivity index (χ1) is 7.53. The molecule has 0 saturated carbocycles. The average molecular weight is 276 g/mol. The molecule has 0 aliphatic heterocycles. The molecule has 0 saturated heterocycles. The van der Waals surface area contributed by atoms with Crippen LogP contribution in [0, 0.1) is 13.8 Å². The van der Waals surface area contributed by atoms with Crippen LogP contribution in [0.15, 0.2) is 0 Å². The summed E-state index contributed by atoms with van der Waals surface area (Å²) in [5.41, 5.74) is 0. The zero-order valence-electron chi connectivity index (χ0n) is 12.2. The number of hydrogen-bond donors (Lipinski definition) is 0. The van der Waals surface area contributed by atoms with Crippen molar-refractivity contribution in [1.29, 1.82) is 0 Å². The van der Waals surface area contributed by atoms with Crippen LogP contribution < -0.4 is 5.10 Å². The van der Waals surface area contributed by atoms with E-state index < -0.39 is 0 Å². The smallest absolute Gasteiger partial charge is 0.668 e. The van der Waals surface area contributed by atoms with Crippen LogP contribution in [0.4, 0.5) is 0 Å².